The molecule has 33 heavy (non-hydrogen) atoms. The zero-order valence-electron chi connectivity index (χ0n) is 17.8. The van der Waals surface area contributed by atoms with Gasteiger partial charge in [-0.05, 0) is 79.0 Å². The summed E-state index contributed by atoms with van der Waals surface area (Å²) in [5.41, 5.74) is 1.76. The molecule has 5 atom stereocenters. The number of anilines is 1. The number of carbonyl (C=O) groups is 1. The molecule has 2 aromatic carbocycles. The summed E-state index contributed by atoms with van der Waals surface area (Å²) in [6, 6.07) is 14.3. The predicted molar refractivity (Wildman–Crippen MR) is 129 cm³/mol. The summed E-state index contributed by atoms with van der Waals surface area (Å²) < 4.78 is 5.83. The molecule has 2 heterocycles. The van der Waals surface area contributed by atoms with Crippen LogP contribution in [0.15, 0.2) is 58.4 Å². The highest BCUT2D eigenvalue weighted by Gasteiger charge is 2.54. The second-order valence-corrected chi connectivity index (χ2v) is 11.3. The number of aromatic amines is 1. The third kappa shape index (κ3) is 3.85. The molecular weight excluding hydrogens is 456 g/mol. The number of nitrogens with one attached hydrogen (secondary N) is 2. The number of hydrogen-bond acceptors (Lipinski definition) is 6. The van der Waals surface area contributed by atoms with Crippen LogP contribution >= 0.6 is 23.1 Å². The van der Waals surface area contributed by atoms with Gasteiger partial charge in [-0.2, -0.15) is 0 Å². The third-order valence-corrected chi connectivity index (χ3v) is 9.83. The zero-order valence-corrected chi connectivity index (χ0v) is 19.5. The molecule has 1 aliphatic heterocycles. The Balaban J connectivity index is 1.22. The molecule has 3 aliphatic rings. The lowest BCUT2D eigenvalue weighted by atomic mass is 9.75. The number of phenolic OH excluding ortho intramolecular Hbond substituents is 1. The molecule has 6 rings (SSSR count). The van der Waals surface area contributed by atoms with Crippen LogP contribution in [0.3, 0.4) is 0 Å². The number of carbonyl (C=O) groups excluding carboxylic acids is 1. The van der Waals surface area contributed by atoms with Gasteiger partial charge in [0.1, 0.15) is 11.5 Å². The van der Waals surface area contributed by atoms with Gasteiger partial charge in [0.2, 0.25) is 0 Å². The van der Waals surface area contributed by atoms with Crippen LogP contribution in [-0.4, -0.2) is 27.9 Å². The van der Waals surface area contributed by atoms with E-state index in [9.17, 15) is 14.7 Å². The second-order valence-electron chi connectivity index (χ2n) is 9.13. The summed E-state index contributed by atoms with van der Waals surface area (Å²) in [7, 11) is 0. The first-order valence-corrected chi connectivity index (χ1v) is 13.0. The highest BCUT2D eigenvalue weighted by molar-refractivity contribution is 8.00. The monoisotopic (exact) mass is 480 g/mol. The van der Waals surface area contributed by atoms with E-state index in [2.05, 4.69) is 16.4 Å². The standard InChI is InChI=1S/C25H24N2O4S2/c28-17-8-6-16(7-9-17)26-19(29)12-31-18-3-1-2-13(11-18)21-20-14-4-5-15(10-14)22(20)32-24-23(21)33-25(30)27-24/h1-3,6-9,11,14-15,20-22,28H,4-5,10,12H2,(H,26,29)(H,27,30)/t14?,15?,20?,21-,22?/m1/s1. The van der Waals surface area contributed by atoms with E-state index in [-0.39, 0.29) is 29.1 Å². The van der Waals surface area contributed by atoms with Gasteiger partial charge in [-0.1, -0.05) is 23.5 Å². The van der Waals surface area contributed by atoms with Gasteiger partial charge < -0.3 is 20.1 Å². The Morgan fingerprint density at radius 2 is 1.97 bits per heavy atom. The molecule has 8 heteroatoms. The van der Waals surface area contributed by atoms with E-state index in [1.165, 1.54) is 42.7 Å². The quantitative estimate of drug-likeness (QED) is 0.456. The molecule has 3 aromatic rings. The van der Waals surface area contributed by atoms with Gasteiger partial charge in [0, 0.05) is 21.7 Å². The number of ether oxygens (including phenoxy) is 1. The van der Waals surface area contributed by atoms with Crippen molar-refractivity contribution in [1.29, 1.82) is 0 Å². The van der Waals surface area contributed by atoms with E-state index in [0.29, 0.717) is 28.5 Å². The van der Waals surface area contributed by atoms with Crippen molar-refractivity contribution >= 4 is 34.7 Å². The number of thiazole rings is 1. The lowest BCUT2D eigenvalue weighted by molar-refractivity contribution is -0.118. The van der Waals surface area contributed by atoms with E-state index < -0.39 is 0 Å². The van der Waals surface area contributed by atoms with E-state index in [1.54, 1.807) is 12.1 Å². The molecule has 1 amide bonds. The van der Waals surface area contributed by atoms with Crippen LogP contribution in [-0.2, 0) is 4.79 Å². The predicted octanol–water partition coefficient (Wildman–Crippen LogP) is 4.81. The summed E-state index contributed by atoms with van der Waals surface area (Å²) in [6.07, 6.45) is 3.88. The second kappa shape index (κ2) is 8.25. The van der Waals surface area contributed by atoms with Crippen LogP contribution in [0, 0.1) is 17.8 Å². The Kier molecular flexibility index (Phi) is 5.22. The van der Waals surface area contributed by atoms with Gasteiger partial charge in [-0.3, -0.25) is 9.59 Å². The fourth-order valence-corrected chi connectivity index (χ4v) is 8.80. The maximum absolute atomic E-state index is 12.3. The van der Waals surface area contributed by atoms with Crippen molar-refractivity contribution in [2.45, 2.75) is 35.5 Å². The number of phenols is 1. The minimum atomic E-state index is -0.264. The maximum atomic E-state index is 12.3. The average Bonchev–Trinajstić information content (AvgIpc) is 3.52. The number of aromatic hydroxyl groups is 1. The lowest BCUT2D eigenvalue weighted by Gasteiger charge is -2.40. The summed E-state index contributed by atoms with van der Waals surface area (Å²) in [6.45, 7) is -0.107. The Morgan fingerprint density at radius 3 is 2.82 bits per heavy atom. The van der Waals surface area contributed by atoms with Gasteiger partial charge in [-0.15, -0.1) is 11.8 Å². The first-order valence-electron chi connectivity index (χ1n) is 11.3. The molecule has 2 fully saturated rings. The molecule has 2 bridgehead atoms. The number of rotatable bonds is 5. The number of hydrogen-bond donors (Lipinski definition) is 3. The normalized spacial score (nSPS) is 27.1. The molecule has 2 saturated carbocycles. The van der Waals surface area contributed by atoms with Crippen LogP contribution in [0.5, 0.6) is 11.5 Å². The fraction of sp³-hybridized carbons (Fsp3) is 0.360. The van der Waals surface area contributed by atoms with Gasteiger partial charge in [0.05, 0.1) is 5.03 Å². The van der Waals surface area contributed by atoms with Gasteiger partial charge >= 0.3 is 4.87 Å². The highest BCUT2D eigenvalue weighted by Crippen LogP contribution is 2.63. The van der Waals surface area contributed by atoms with Crippen LogP contribution in [0.25, 0.3) is 0 Å². The van der Waals surface area contributed by atoms with Crippen LogP contribution in [0.4, 0.5) is 5.69 Å². The van der Waals surface area contributed by atoms with E-state index in [0.717, 1.165) is 21.4 Å². The number of benzene rings is 2. The zero-order chi connectivity index (χ0) is 22.5. The summed E-state index contributed by atoms with van der Waals surface area (Å²) in [5, 5.41) is 13.7. The van der Waals surface area contributed by atoms with Crippen molar-refractivity contribution in [2.75, 3.05) is 11.9 Å². The van der Waals surface area contributed by atoms with Gasteiger partial charge in [-0.25, -0.2) is 0 Å². The largest absolute Gasteiger partial charge is 0.508 e. The molecule has 3 N–H and O–H groups in total. The van der Waals surface area contributed by atoms with Crippen LogP contribution < -0.4 is 14.9 Å². The lowest BCUT2D eigenvalue weighted by Crippen LogP contribution is -2.33. The summed E-state index contributed by atoms with van der Waals surface area (Å²) in [5.74, 6) is 2.72. The van der Waals surface area contributed by atoms with Crippen molar-refractivity contribution in [3.63, 3.8) is 0 Å². The Morgan fingerprint density at radius 1 is 1.15 bits per heavy atom. The molecule has 0 radical (unpaired) electrons. The Labute approximate surface area is 199 Å². The number of aromatic nitrogens is 1. The average molecular weight is 481 g/mol. The smallest absolute Gasteiger partial charge is 0.305 e. The summed E-state index contributed by atoms with van der Waals surface area (Å²) in [4.78, 5) is 28.8. The van der Waals surface area contributed by atoms with Crippen molar-refractivity contribution in [3.8, 4) is 11.5 Å². The fourth-order valence-electron chi connectivity index (χ4n) is 5.91. The molecule has 6 nitrogen and oxygen atoms in total. The third-order valence-electron chi connectivity index (χ3n) is 7.20. The maximum Gasteiger partial charge on any atom is 0.305 e. The minimum absolute atomic E-state index is 0.0168. The van der Waals surface area contributed by atoms with Gasteiger partial charge in [0.15, 0.2) is 6.61 Å². The number of thioether (sulfide) groups is 1. The SMILES string of the molecule is O=C(COc1cccc([C@H]2c3sc(=O)[nH]c3SC3C4CCC(C4)C32)c1)Nc1ccc(O)cc1. The van der Waals surface area contributed by atoms with Crippen molar-refractivity contribution in [1.82, 2.24) is 4.98 Å². The van der Waals surface area contributed by atoms with Crippen molar-refractivity contribution < 1.29 is 14.6 Å². The Bertz CT molecular complexity index is 1250. The number of fused-ring (bicyclic) bond motifs is 6. The number of amides is 1. The van der Waals surface area contributed by atoms with E-state index in [1.807, 2.05) is 30.0 Å². The Hall–Kier alpha value is -2.71. The molecule has 4 unspecified atom stereocenters. The first-order chi connectivity index (χ1) is 16.0. The first kappa shape index (κ1) is 20.9. The van der Waals surface area contributed by atoms with Crippen molar-refractivity contribution in [2.24, 2.45) is 17.8 Å². The highest BCUT2D eigenvalue weighted by atomic mass is 32.2. The van der Waals surface area contributed by atoms with Crippen molar-refractivity contribution in [3.05, 3.63) is 68.6 Å². The molecule has 170 valence electrons. The van der Waals surface area contributed by atoms with E-state index >= 15 is 0 Å². The molecule has 0 saturated heterocycles. The van der Waals surface area contributed by atoms with E-state index in [4.69, 9.17) is 4.74 Å². The van der Waals surface area contributed by atoms with Gasteiger partial charge in [0.25, 0.3) is 5.91 Å². The minimum Gasteiger partial charge on any atom is -0.508 e. The summed E-state index contributed by atoms with van der Waals surface area (Å²) >= 11 is 3.23. The molecule has 0 spiro atoms. The van der Waals surface area contributed by atoms with Crippen LogP contribution in [0.1, 0.15) is 35.6 Å². The molecular formula is C25H24N2O4S2. The number of H-pyrrole nitrogens is 1. The topological polar surface area (TPSA) is 91.4 Å². The molecule has 2 aliphatic carbocycles. The molecule has 1 aromatic heterocycles. The van der Waals surface area contributed by atoms with Crippen LogP contribution in [0.2, 0.25) is 0 Å².